The zero-order chi connectivity index (χ0) is 30.7. The molecule has 1 unspecified atom stereocenters. The maximum Gasteiger partial charge on any atom is 0.342 e. The maximum absolute atomic E-state index is 13.2. The van der Waals surface area contributed by atoms with Crippen LogP contribution in [0.1, 0.15) is 38.2 Å². The summed E-state index contributed by atoms with van der Waals surface area (Å²) in [5.74, 6) is -1.56. The standard InChI is InChI=1S/C25H15N3O5S.C8H5NO/c26-12-15-3-1-14(2-4-15)9-18-23(16-5-8-21-22(10-16)32-13-31-21)24(29)33-25(18,30)17-6-7-19-20(11-17)28-34-27-19;9-5-7-1-3-8(6-10)4-2-7/h1-8,10-11,30H,9,13H2;1-4,6H. The lowest BCUT2D eigenvalue weighted by atomic mass is 9.87. The summed E-state index contributed by atoms with van der Waals surface area (Å²) in [7, 11) is 0. The molecule has 214 valence electrons. The van der Waals surface area contributed by atoms with E-state index in [2.05, 4.69) is 14.8 Å². The maximum atomic E-state index is 13.2. The number of esters is 1. The predicted octanol–water partition coefficient (Wildman–Crippen LogP) is 5.06. The molecule has 44 heavy (non-hydrogen) atoms. The van der Waals surface area contributed by atoms with Crippen molar-refractivity contribution in [2.24, 2.45) is 0 Å². The van der Waals surface area contributed by atoms with Gasteiger partial charge in [0.15, 0.2) is 11.5 Å². The second-order valence-corrected chi connectivity index (χ2v) is 10.3. The third-order valence-electron chi connectivity index (χ3n) is 7.10. The smallest absolute Gasteiger partial charge is 0.342 e. The first kappa shape index (κ1) is 28.2. The molecule has 0 saturated heterocycles. The Morgan fingerprint density at radius 3 is 2.25 bits per heavy atom. The number of aromatic nitrogens is 2. The summed E-state index contributed by atoms with van der Waals surface area (Å²) in [6.45, 7) is 0.103. The number of nitriles is 2. The van der Waals surface area contributed by atoms with Crippen LogP contribution in [-0.2, 0) is 21.7 Å². The summed E-state index contributed by atoms with van der Waals surface area (Å²) in [5.41, 5.74) is 5.33. The van der Waals surface area contributed by atoms with E-state index >= 15 is 0 Å². The lowest BCUT2D eigenvalue weighted by Crippen LogP contribution is -2.29. The summed E-state index contributed by atoms with van der Waals surface area (Å²) in [6.07, 6.45) is 0.965. The van der Waals surface area contributed by atoms with Crippen LogP contribution in [0, 0.1) is 22.7 Å². The molecule has 0 radical (unpaired) electrons. The number of cyclic esters (lactones) is 1. The van der Waals surface area contributed by atoms with Crippen LogP contribution >= 0.6 is 11.7 Å². The van der Waals surface area contributed by atoms with E-state index in [1.807, 2.05) is 6.07 Å². The molecule has 0 bridgehead atoms. The molecule has 0 saturated carbocycles. The summed E-state index contributed by atoms with van der Waals surface area (Å²) >= 11 is 1.07. The highest BCUT2D eigenvalue weighted by atomic mass is 32.1. The van der Waals surface area contributed by atoms with Crippen LogP contribution in [0.3, 0.4) is 0 Å². The first-order chi connectivity index (χ1) is 21.4. The third kappa shape index (κ3) is 5.37. The Balaban J connectivity index is 0.000000294. The Bertz CT molecular complexity index is 2020. The van der Waals surface area contributed by atoms with E-state index in [-0.39, 0.29) is 18.8 Å². The number of rotatable bonds is 5. The van der Waals surface area contributed by atoms with Gasteiger partial charge >= 0.3 is 5.97 Å². The normalized spacial score (nSPS) is 16.5. The number of aliphatic hydroxyl groups is 1. The molecular formula is C33H20N4O6S. The molecule has 2 aliphatic rings. The SMILES string of the molecule is N#Cc1ccc(C=O)cc1.N#Cc1ccc(CC2=C(c3ccc4c(c3)OCO4)C(=O)OC2(O)c2ccc3nsnc3c2)cc1. The molecule has 1 aromatic heterocycles. The molecular weight excluding hydrogens is 580 g/mol. The number of aldehydes is 1. The van der Waals surface area contributed by atoms with Gasteiger partial charge in [-0.05, 0) is 65.7 Å². The predicted molar refractivity (Wildman–Crippen MR) is 158 cm³/mol. The van der Waals surface area contributed by atoms with E-state index < -0.39 is 11.8 Å². The van der Waals surface area contributed by atoms with E-state index in [1.165, 1.54) is 0 Å². The van der Waals surface area contributed by atoms with Crippen LogP contribution in [0.4, 0.5) is 0 Å². The van der Waals surface area contributed by atoms with Gasteiger partial charge in [0.2, 0.25) is 6.79 Å². The van der Waals surface area contributed by atoms with E-state index in [0.29, 0.717) is 55.9 Å². The number of hydrogen-bond donors (Lipinski definition) is 1. The molecule has 1 N–H and O–H groups in total. The van der Waals surface area contributed by atoms with Gasteiger partial charge < -0.3 is 19.3 Å². The van der Waals surface area contributed by atoms with Gasteiger partial charge in [0, 0.05) is 23.1 Å². The van der Waals surface area contributed by atoms with Crippen molar-refractivity contribution in [3.63, 3.8) is 0 Å². The molecule has 4 aromatic carbocycles. The third-order valence-corrected chi connectivity index (χ3v) is 7.66. The minimum absolute atomic E-state index is 0.103. The van der Waals surface area contributed by atoms with Crippen molar-refractivity contribution in [2.45, 2.75) is 12.2 Å². The fourth-order valence-electron chi connectivity index (χ4n) is 4.86. The molecule has 3 heterocycles. The van der Waals surface area contributed by atoms with E-state index in [9.17, 15) is 14.7 Å². The Hall–Kier alpha value is -5.88. The van der Waals surface area contributed by atoms with E-state index in [1.54, 1.807) is 84.9 Å². The molecule has 10 nitrogen and oxygen atoms in total. The molecule has 2 aliphatic heterocycles. The van der Waals surface area contributed by atoms with Gasteiger partial charge in [0.05, 0.1) is 40.6 Å². The monoisotopic (exact) mass is 600 g/mol. The van der Waals surface area contributed by atoms with Crippen LogP contribution in [-0.4, -0.2) is 32.9 Å². The number of benzene rings is 4. The van der Waals surface area contributed by atoms with Crippen molar-refractivity contribution in [1.82, 2.24) is 8.75 Å². The Morgan fingerprint density at radius 2 is 1.55 bits per heavy atom. The van der Waals surface area contributed by atoms with Crippen molar-refractivity contribution in [1.29, 1.82) is 10.5 Å². The van der Waals surface area contributed by atoms with Crippen molar-refractivity contribution in [3.05, 3.63) is 124 Å². The van der Waals surface area contributed by atoms with Crippen molar-refractivity contribution < 1.29 is 28.9 Å². The molecule has 5 aromatic rings. The number of fused-ring (bicyclic) bond motifs is 2. The molecule has 0 spiro atoms. The zero-order valence-corrected chi connectivity index (χ0v) is 23.6. The fourth-order valence-corrected chi connectivity index (χ4v) is 5.37. The highest BCUT2D eigenvalue weighted by Crippen LogP contribution is 2.46. The highest BCUT2D eigenvalue weighted by Gasteiger charge is 2.48. The van der Waals surface area contributed by atoms with Crippen LogP contribution in [0.15, 0.2) is 90.5 Å². The number of ether oxygens (including phenoxy) is 3. The van der Waals surface area contributed by atoms with Gasteiger partial charge in [0.25, 0.3) is 5.79 Å². The van der Waals surface area contributed by atoms with Crippen molar-refractivity contribution >= 4 is 40.6 Å². The first-order valence-electron chi connectivity index (χ1n) is 13.2. The number of carbonyl (C=O) groups excluding carboxylic acids is 2. The van der Waals surface area contributed by atoms with Crippen LogP contribution in [0.2, 0.25) is 0 Å². The van der Waals surface area contributed by atoms with Gasteiger partial charge in [-0.1, -0.05) is 30.3 Å². The second-order valence-electron chi connectivity index (χ2n) is 9.76. The molecule has 11 heteroatoms. The number of nitrogens with zero attached hydrogens (tertiary/aromatic N) is 4. The van der Waals surface area contributed by atoms with Crippen LogP contribution in [0.5, 0.6) is 11.5 Å². The van der Waals surface area contributed by atoms with E-state index in [0.717, 1.165) is 23.6 Å². The second kappa shape index (κ2) is 11.8. The average molecular weight is 601 g/mol. The largest absolute Gasteiger partial charge is 0.454 e. The Labute approximate surface area is 254 Å². The quantitative estimate of drug-likeness (QED) is 0.214. The van der Waals surface area contributed by atoms with E-state index in [4.69, 9.17) is 24.7 Å². The topological polar surface area (TPSA) is 155 Å². The Kier molecular flexibility index (Phi) is 7.56. The summed E-state index contributed by atoms with van der Waals surface area (Å²) in [4.78, 5) is 23.3. The lowest BCUT2D eigenvalue weighted by Gasteiger charge is -2.25. The number of hydrogen-bond acceptors (Lipinski definition) is 11. The average Bonchev–Trinajstić information content (AvgIpc) is 3.79. The van der Waals surface area contributed by atoms with Gasteiger partial charge in [-0.15, -0.1) is 0 Å². The van der Waals surface area contributed by atoms with Gasteiger partial charge in [-0.25, -0.2) is 4.79 Å². The highest BCUT2D eigenvalue weighted by molar-refractivity contribution is 7.00. The fraction of sp³-hybridized carbons (Fsp3) is 0.0909. The summed E-state index contributed by atoms with van der Waals surface area (Å²) in [6, 6.07) is 27.7. The Morgan fingerprint density at radius 1 is 0.864 bits per heavy atom. The van der Waals surface area contributed by atoms with Gasteiger partial charge in [-0.3, -0.25) is 4.79 Å². The first-order valence-corrected chi connectivity index (χ1v) is 13.9. The minimum atomic E-state index is -2.01. The zero-order valence-electron chi connectivity index (χ0n) is 22.8. The van der Waals surface area contributed by atoms with Crippen LogP contribution in [0.25, 0.3) is 16.6 Å². The summed E-state index contributed by atoms with van der Waals surface area (Å²) in [5, 5.41) is 29.3. The lowest BCUT2D eigenvalue weighted by molar-refractivity contribution is -0.185. The van der Waals surface area contributed by atoms with Crippen molar-refractivity contribution in [2.75, 3.05) is 6.79 Å². The minimum Gasteiger partial charge on any atom is -0.454 e. The van der Waals surface area contributed by atoms with Gasteiger partial charge in [0.1, 0.15) is 17.3 Å². The van der Waals surface area contributed by atoms with Crippen LogP contribution < -0.4 is 9.47 Å². The molecule has 0 fully saturated rings. The molecule has 1 atom stereocenters. The van der Waals surface area contributed by atoms with Gasteiger partial charge in [-0.2, -0.15) is 19.3 Å². The summed E-state index contributed by atoms with van der Waals surface area (Å²) < 4.78 is 25.0. The number of carbonyl (C=O) groups is 2. The molecule has 7 rings (SSSR count). The molecule has 0 amide bonds. The van der Waals surface area contributed by atoms with Crippen molar-refractivity contribution in [3.8, 4) is 23.6 Å². The molecule has 0 aliphatic carbocycles.